The molecule has 0 aromatic rings. The largest absolute Gasteiger partial charge is 0.467 e. The van der Waals surface area contributed by atoms with Gasteiger partial charge in [-0.25, -0.2) is 9.59 Å². The lowest BCUT2D eigenvalue weighted by Gasteiger charge is -2.10. The average Bonchev–Trinajstić information content (AvgIpc) is 1.98. The fourth-order valence-electron chi connectivity index (χ4n) is 0.651. The first kappa shape index (κ1) is 9.85. The minimum absolute atomic E-state index is 0.0381. The zero-order valence-corrected chi connectivity index (χ0v) is 6.83. The van der Waals surface area contributed by atoms with E-state index in [1.165, 1.54) is 13.2 Å². The van der Waals surface area contributed by atoms with Crippen LogP contribution in [0.25, 0.3) is 0 Å². The molecular formula is C7H11NO3. The Labute approximate surface area is 65.3 Å². The second kappa shape index (κ2) is 4.63. The van der Waals surface area contributed by atoms with Gasteiger partial charge in [-0.2, -0.15) is 4.99 Å². The lowest BCUT2D eigenvalue weighted by molar-refractivity contribution is -0.143. The number of rotatable bonds is 3. The van der Waals surface area contributed by atoms with Crippen LogP contribution in [0, 0.1) is 5.92 Å². The maximum Gasteiger partial charge on any atom is 0.331 e. The van der Waals surface area contributed by atoms with Crippen LogP contribution in [-0.4, -0.2) is 25.2 Å². The predicted molar refractivity (Wildman–Crippen MR) is 38.8 cm³/mol. The molecule has 0 bridgehead atoms. The summed E-state index contributed by atoms with van der Waals surface area (Å²) in [6, 6.07) is -0.711. The van der Waals surface area contributed by atoms with E-state index in [9.17, 15) is 9.59 Å². The summed E-state index contributed by atoms with van der Waals surface area (Å²) in [6.07, 6.45) is 1.34. The predicted octanol–water partition coefficient (Wildman–Crippen LogP) is 0.520. The van der Waals surface area contributed by atoms with Gasteiger partial charge in [0.1, 0.15) is 0 Å². The van der Waals surface area contributed by atoms with Crippen molar-refractivity contribution in [1.82, 2.24) is 0 Å². The number of methoxy groups -OCH3 is 1. The molecule has 0 radical (unpaired) electrons. The van der Waals surface area contributed by atoms with Crippen molar-refractivity contribution in [2.24, 2.45) is 10.9 Å². The number of aliphatic imine (C=N–C) groups is 1. The lowest BCUT2D eigenvalue weighted by Crippen LogP contribution is -2.25. The van der Waals surface area contributed by atoms with Gasteiger partial charge in [-0.1, -0.05) is 13.8 Å². The molecule has 0 aromatic carbocycles. The fourth-order valence-corrected chi connectivity index (χ4v) is 0.651. The first-order valence-corrected chi connectivity index (χ1v) is 3.28. The summed E-state index contributed by atoms with van der Waals surface area (Å²) in [5.41, 5.74) is 0. The molecule has 0 unspecified atom stereocenters. The standard InChI is InChI=1S/C7H11NO3/c1-5(2)6(8-4-9)7(10)11-3/h5-6H,1-3H3/t6-/m0/s1. The summed E-state index contributed by atoms with van der Waals surface area (Å²) in [4.78, 5) is 24.0. The molecule has 4 nitrogen and oxygen atoms in total. The first-order valence-electron chi connectivity index (χ1n) is 3.28. The number of esters is 1. The van der Waals surface area contributed by atoms with Gasteiger partial charge in [0.2, 0.25) is 6.08 Å². The molecule has 11 heavy (non-hydrogen) atoms. The molecule has 0 heterocycles. The van der Waals surface area contributed by atoms with Crippen molar-refractivity contribution in [2.75, 3.05) is 7.11 Å². The highest BCUT2D eigenvalue weighted by molar-refractivity contribution is 5.77. The van der Waals surface area contributed by atoms with E-state index in [-0.39, 0.29) is 5.92 Å². The summed E-state index contributed by atoms with van der Waals surface area (Å²) in [5.74, 6) is -0.535. The first-order chi connectivity index (χ1) is 5.13. The molecule has 0 aliphatic heterocycles. The van der Waals surface area contributed by atoms with Gasteiger partial charge in [0.25, 0.3) is 0 Å². The minimum Gasteiger partial charge on any atom is -0.467 e. The highest BCUT2D eigenvalue weighted by Gasteiger charge is 2.21. The second-order valence-corrected chi connectivity index (χ2v) is 2.43. The van der Waals surface area contributed by atoms with Crippen LogP contribution in [0.4, 0.5) is 0 Å². The van der Waals surface area contributed by atoms with Crippen molar-refractivity contribution < 1.29 is 14.3 Å². The van der Waals surface area contributed by atoms with Crippen LogP contribution >= 0.6 is 0 Å². The van der Waals surface area contributed by atoms with Gasteiger partial charge in [0, 0.05) is 0 Å². The Balaban J connectivity index is 4.33. The van der Waals surface area contributed by atoms with Gasteiger partial charge >= 0.3 is 5.97 Å². The third kappa shape index (κ3) is 2.96. The molecule has 0 rings (SSSR count). The molecule has 0 aliphatic rings. The molecule has 4 heteroatoms. The smallest absolute Gasteiger partial charge is 0.331 e. The van der Waals surface area contributed by atoms with Gasteiger partial charge in [-0.05, 0) is 5.92 Å². The van der Waals surface area contributed by atoms with Gasteiger partial charge in [0.05, 0.1) is 7.11 Å². The maximum atomic E-state index is 10.8. The van der Waals surface area contributed by atoms with Crippen LogP contribution < -0.4 is 0 Å². The normalized spacial score (nSPS) is 12.0. The number of carbonyl (C=O) groups is 1. The van der Waals surface area contributed by atoms with Crippen molar-refractivity contribution in [1.29, 1.82) is 0 Å². The highest BCUT2D eigenvalue weighted by atomic mass is 16.5. The van der Waals surface area contributed by atoms with E-state index < -0.39 is 12.0 Å². The number of carbonyl (C=O) groups excluding carboxylic acids is 2. The Hall–Kier alpha value is -1.15. The Bertz CT molecular complexity index is 182. The summed E-state index contributed by atoms with van der Waals surface area (Å²) >= 11 is 0. The number of nitrogens with zero attached hydrogens (tertiary/aromatic N) is 1. The van der Waals surface area contributed by atoms with E-state index in [2.05, 4.69) is 9.73 Å². The molecular weight excluding hydrogens is 146 g/mol. The lowest BCUT2D eigenvalue weighted by atomic mass is 10.1. The number of hydrogen-bond donors (Lipinski definition) is 0. The zero-order valence-electron chi connectivity index (χ0n) is 6.83. The molecule has 0 aliphatic carbocycles. The van der Waals surface area contributed by atoms with Gasteiger partial charge < -0.3 is 4.74 Å². The molecule has 0 amide bonds. The molecule has 62 valence electrons. The van der Waals surface area contributed by atoms with Crippen LogP contribution in [-0.2, 0) is 14.3 Å². The van der Waals surface area contributed by atoms with E-state index in [4.69, 9.17) is 0 Å². The quantitative estimate of drug-likeness (QED) is 0.341. The topological polar surface area (TPSA) is 55.7 Å². The Morgan fingerprint density at radius 1 is 1.55 bits per heavy atom. The number of hydrogen-bond acceptors (Lipinski definition) is 4. The van der Waals surface area contributed by atoms with Crippen LogP contribution in [0.3, 0.4) is 0 Å². The van der Waals surface area contributed by atoms with Gasteiger partial charge in [0.15, 0.2) is 6.04 Å². The van der Waals surface area contributed by atoms with Gasteiger partial charge in [-0.15, -0.1) is 0 Å². The zero-order chi connectivity index (χ0) is 8.85. The number of ether oxygens (including phenoxy) is 1. The second-order valence-electron chi connectivity index (χ2n) is 2.43. The van der Waals surface area contributed by atoms with Crippen molar-refractivity contribution in [3.63, 3.8) is 0 Å². The molecule has 0 saturated carbocycles. The van der Waals surface area contributed by atoms with Crippen LogP contribution in [0.1, 0.15) is 13.8 Å². The molecule has 0 spiro atoms. The minimum atomic E-state index is -0.711. The Morgan fingerprint density at radius 3 is 2.36 bits per heavy atom. The van der Waals surface area contributed by atoms with Gasteiger partial charge in [-0.3, -0.25) is 0 Å². The molecule has 0 fully saturated rings. The molecule has 0 aromatic heterocycles. The van der Waals surface area contributed by atoms with E-state index in [1.807, 2.05) is 0 Å². The third-order valence-electron chi connectivity index (χ3n) is 1.27. The van der Waals surface area contributed by atoms with E-state index in [0.717, 1.165) is 0 Å². The summed E-state index contributed by atoms with van der Waals surface area (Å²) < 4.78 is 4.41. The van der Waals surface area contributed by atoms with E-state index >= 15 is 0 Å². The highest BCUT2D eigenvalue weighted by Crippen LogP contribution is 2.06. The molecule has 1 atom stereocenters. The molecule has 0 N–H and O–H groups in total. The van der Waals surface area contributed by atoms with Crippen molar-refractivity contribution in [2.45, 2.75) is 19.9 Å². The monoisotopic (exact) mass is 157 g/mol. The van der Waals surface area contributed by atoms with Crippen LogP contribution in [0.2, 0.25) is 0 Å². The third-order valence-corrected chi connectivity index (χ3v) is 1.27. The maximum absolute atomic E-state index is 10.8. The van der Waals surface area contributed by atoms with Crippen molar-refractivity contribution >= 4 is 12.0 Å². The van der Waals surface area contributed by atoms with E-state index in [1.54, 1.807) is 13.8 Å². The van der Waals surface area contributed by atoms with E-state index in [0.29, 0.717) is 0 Å². The van der Waals surface area contributed by atoms with Crippen LogP contribution in [0.5, 0.6) is 0 Å². The SMILES string of the molecule is COC(=O)[C@@H](N=C=O)C(C)C. The fraction of sp³-hybridized carbons (Fsp3) is 0.714. The number of isocyanates is 1. The summed E-state index contributed by atoms with van der Waals surface area (Å²) in [6.45, 7) is 3.56. The Kier molecular flexibility index (Phi) is 4.15. The Morgan fingerprint density at radius 2 is 2.09 bits per heavy atom. The average molecular weight is 157 g/mol. The summed E-state index contributed by atoms with van der Waals surface area (Å²) in [5, 5.41) is 0. The van der Waals surface area contributed by atoms with Crippen molar-refractivity contribution in [3.8, 4) is 0 Å². The van der Waals surface area contributed by atoms with Crippen molar-refractivity contribution in [3.05, 3.63) is 0 Å². The van der Waals surface area contributed by atoms with Crippen LogP contribution in [0.15, 0.2) is 4.99 Å². The summed E-state index contributed by atoms with van der Waals surface area (Å²) in [7, 11) is 1.26. The molecule has 0 saturated heterocycles.